The van der Waals surface area contributed by atoms with E-state index in [0.29, 0.717) is 29.0 Å². The molecule has 4 aromatic rings. The van der Waals surface area contributed by atoms with Crippen molar-refractivity contribution in [3.63, 3.8) is 0 Å². The SMILES string of the molecule is COc1cc2c(cc1OCc1ccccc1)CCNC2/C=C/c1cc(OCc2ccc(Cl)nn2)c(OC)cc1C. The average molecular weight is 558 g/mol. The van der Waals surface area contributed by atoms with Crippen LogP contribution < -0.4 is 24.3 Å². The minimum absolute atomic E-state index is 0.0241. The lowest BCUT2D eigenvalue weighted by Gasteiger charge is -2.26. The lowest BCUT2D eigenvalue weighted by atomic mass is 9.92. The van der Waals surface area contributed by atoms with Crippen molar-refractivity contribution in [3.8, 4) is 23.0 Å². The van der Waals surface area contributed by atoms with Crippen molar-refractivity contribution < 1.29 is 18.9 Å². The Morgan fingerprint density at radius 2 is 1.62 bits per heavy atom. The number of nitrogens with zero attached hydrogens (tertiary/aromatic N) is 2. The smallest absolute Gasteiger partial charge is 0.162 e. The van der Waals surface area contributed by atoms with Crippen molar-refractivity contribution in [3.05, 3.63) is 111 Å². The van der Waals surface area contributed by atoms with Crippen molar-refractivity contribution in [2.24, 2.45) is 0 Å². The van der Waals surface area contributed by atoms with Crippen LogP contribution in [-0.4, -0.2) is 31.0 Å². The largest absolute Gasteiger partial charge is 0.493 e. The van der Waals surface area contributed by atoms with Crippen LogP contribution in [0, 0.1) is 6.92 Å². The second kappa shape index (κ2) is 12.9. The van der Waals surface area contributed by atoms with Gasteiger partial charge >= 0.3 is 0 Å². The van der Waals surface area contributed by atoms with Gasteiger partial charge in [-0.25, -0.2) is 0 Å². The molecule has 1 N–H and O–H groups in total. The van der Waals surface area contributed by atoms with Crippen LogP contribution in [0.5, 0.6) is 23.0 Å². The summed E-state index contributed by atoms with van der Waals surface area (Å²) in [7, 11) is 3.31. The summed E-state index contributed by atoms with van der Waals surface area (Å²) >= 11 is 5.85. The normalized spacial score (nSPS) is 14.6. The van der Waals surface area contributed by atoms with Gasteiger partial charge in [0.2, 0.25) is 0 Å². The number of methoxy groups -OCH3 is 2. The summed E-state index contributed by atoms with van der Waals surface area (Å²) in [6.07, 6.45) is 5.20. The van der Waals surface area contributed by atoms with Gasteiger partial charge in [0.1, 0.15) is 18.9 Å². The van der Waals surface area contributed by atoms with Crippen LogP contribution in [0.1, 0.15) is 39.6 Å². The molecule has 5 rings (SSSR count). The second-order valence-corrected chi connectivity index (χ2v) is 9.90. The Morgan fingerprint density at radius 1 is 0.875 bits per heavy atom. The Morgan fingerprint density at radius 3 is 2.38 bits per heavy atom. The van der Waals surface area contributed by atoms with E-state index in [-0.39, 0.29) is 12.6 Å². The maximum Gasteiger partial charge on any atom is 0.162 e. The summed E-state index contributed by atoms with van der Waals surface area (Å²) < 4.78 is 23.5. The fourth-order valence-corrected chi connectivity index (χ4v) is 4.78. The van der Waals surface area contributed by atoms with Gasteiger partial charge in [-0.1, -0.05) is 54.1 Å². The predicted molar refractivity (Wildman–Crippen MR) is 156 cm³/mol. The molecule has 206 valence electrons. The molecule has 8 heteroatoms. The fourth-order valence-electron chi connectivity index (χ4n) is 4.68. The van der Waals surface area contributed by atoms with Crippen LogP contribution in [0.25, 0.3) is 6.08 Å². The number of hydrogen-bond donors (Lipinski definition) is 1. The second-order valence-electron chi connectivity index (χ2n) is 9.51. The van der Waals surface area contributed by atoms with E-state index in [4.69, 9.17) is 30.5 Å². The average Bonchev–Trinajstić information content (AvgIpc) is 2.99. The first-order valence-electron chi connectivity index (χ1n) is 13.1. The van der Waals surface area contributed by atoms with E-state index in [2.05, 4.69) is 58.9 Å². The highest BCUT2D eigenvalue weighted by molar-refractivity contribution is 6.29. The Hall–Kier alpha value is -4.07. The molecule has 0 saturated heterocycles. The molecular formula is C32H32ClN3O4. The molecule has 0 amide bonds. The van der Waals surface area contributed by atoms with E-state index in [9.17, 15) is 0 Å². The molecule has 7 nitrogen and oxygen atoms in total. The van der Waals surface area contributed by atoms with Gasteiger partial charge in [-0.15, -0.1) is 5.10 Å². The summed E-state index contributed by atoms with van der Waals surface area (Å²) in [5.41, 5.74) is 6.32. The molecule has 40 heavy (non-hydrogen) atoms. The van der Waals surface area contributed by atoms with Crippen molar-refractivity contribution in [1.82, 2.24) is 15.5 Å². The van der Waals surface area contributed by atoms with E-state index < -0.39 is 0 Å². The van der Waals surface area contributed by atoms with Crippen molar-refractivity contribution in [1.29, 1.82) is 0 Å². The molecule has 0 aliphatic carbocycles. The number of benzene rings is 3. The number of aryl methyl sites for hydroxylation is 1. The van der Waals surface area contributed by atoms with Gasteiger partial charge < -0.3 is 24.3 Å². The number of ether oxygens (including phenoxy) is 4. The lowest BCUT2D eigenvalue weighted by molar-refractivity contribution is 0.279. The molecule has 0 bridgehead atoms. The lowest BCUT2D eigenvalue weighted by Crippen LogP contribution is -2.28. The molecule has 1 aromatic heterocycles. The Balaban J connectivity index is 1.35. The van der Waals surface area contributed by atoms with Crippen molar-refractivity contribution in [2.45, 2.75) is 32.6 Å². The molecule has 0 saturated carbocycles. The van der Waals surface area contributed by atoms with E-state index in [1.54, 1.807) is 26.4 Å². The third-order valence-electron chi connectivity index (χ3n) is 6.84. The van der Waals surface area contributed by atoms with E-state index in [0.717, 1.165) is 41.2 Å². The summed E-state index contributed by atoms with van der Waals surface area (Å²) in [6, 6.07) is 21.8. The molecule has 2 heterocycles. The zero-order valence-electron chi connectivity index (χ0n) is 22.8. The van der Waals surface area contributed by atoms with Crippen LogP contribution in [0.3, 0.4) is 0 Å². The van der Waals surface area contributed by atoms with Gasteiger partial charge in [0.15, 0.2) is 28.2 Å². The van der Waals surface area contributed by atoms with Crippen LogP contribution in [0.4, 0.5) is 0 Å². The van der Waals surface area contributed by atoms with E-state index in [1.165, 1.54) is 11.1 Å². The summed E-state index contributed by atoms with van der Waals surface area (Å²) in [5.74, 6) is 2.76. The van der Waals surface area contributed by atoms with Crippen LogP contribution >= 0.6 is 11.6 Å². The molecule has 1 aliphatic rings. The topological polar surface area (TPSA) is 74.7 Å². The molecule has 1 aliphatic heterocycles. The Labute approximate surface area is 239 Å². The zero-order chi connectivity index (χ0) is 27.9. The molecular weight excluding hydrogens is 526 g/mol. The maximum atomic E-state index is 6.15. The summed E-state index contributed by atoms with van der Waals surface area (Å²) in [5, 5.41) is 11.9. The maximum absolute atomic E-state index is 6.15. The van der Waals surface area contributed by atoms with Gasteiger partial charge in [-0.2, -0.15) is 5.10 Å². The quantitative estimate of drug-likeness (QED) is 0.238. The van der Waals surface area contributed by atoms with E-state index in [1.807, 2.05) is 30.3 Å². The monoisotopic (exact) mass is 557 g/mol. The van der Waals surface area contributed by atoms with Gasteiger partial charge in [0.05, 0.1) is 20.3 Å². The molecule has 0 fully saturated rings. The van der Waals surface area contributed by atoms with Crippen molar-refractivity contribution in [2.75, 3.05) is 20.8 Å². The van der Waals surface area contributed by atoms with Crippen molar-refractivity contribution >= 4 is 17.7 Å². The van der Waals surface area contributed by atoms with E-state index >= 15 is 0 Å². The Kier molecular flexibility index (Phi) is 8.84. The van der Waals surface area contributed by atoms with Gasteiger partial charge in [0, 0.05) is 6.54 Å². The van der Waals surface area contributed by atoms with Crippen LogP contribution in [-0.2, 0) is 19.6 Å². The molecule has 1 atom stereocenters. The number of hydrogen-bond acceptors (Lipinski definition) is 7. The molecule has 0 spiro atoms. The van der Waals surface area contributed by atoms with Gasteiger partial charge in [-0.3, -0.25) is 0 Å². The third kappa shape index (κ3) is 6.55. The standard InChI is InChI=1S/C32H32ClN3O4/c1-21-15-28(37-2)30(40-20-25-10-12-32(33)36-35-25)16-23(21)9-11-27-26-18-29(38-3)31(17-24(26)13-14-34-27)39-19-22-7-5-4-6-8-22/h4-12,15-18,27,34H,13-14,19-20H2,1-3H3/b11-9+. The zero-order valence-corrected chi connectivity index (χ0v) is 23.6. The Bertz CT molecular complexity index is 1480. The molecule has 1 unspecified atom stereocenters. The first-order chi connectivity index (χ1) is 19.5. The first-order valence-corrected chi connectivity index (χ1v) is 13.5. The number of nitrogens with one attached hydrogen (secondary N) is 1. The number of aromatic nitrogens is 2. The minimum atomic E-state index is 0.0241. The predicted octanol–water partition coefficient (Wildman–Crippen LogP) is 6.51. The highest BCUT2D eigenvalue weighted by atomic mass is 35.5. The number of fused-ring (bicyclic) bond motifs is 1. The molecule has 3 aromatic carbocycles. The number of halogens is 1. The van der Waals surface area contributed by atoms with Crippen LogP contribution in [0.2, 0.25) is 5.15 Å². The summed E-state index contributed by atoms with van der Waals surface area (Å²) in [4.78, 5) is 0. The highest BCUT2D eigenvalue weighted by Gasteiger charge is 2.21. The van der Waals surface area contributed by atoms with Gasteiger partial charge in [-0.05, 0) is 77.6 Å². The highest BCUT2D eigenvalue weighted by Crippen LogP contribution is 2.37. The minimum Gasteiger partial charge on any atom is -0.493 e. The van der Waals surface area contributed by atoms with Crippen LogP contribution in [0.15, 0.2) is 72.8 Å². The first kappa shape index (κ1) is 27.5. The summed E-state index contributed by atoms with van der Waals surface area (Å²) in [6.45, 7) is 3.66. The third-order valence-corrected chi connectivity index (χ3v) is 7.04. The molecule has 0 radical (unpaired) electrons. The fraction of sp³-hybridized carbons (Fsp3) is 0.250. The van der Waals surface area contributed by atoms with Gasteiger partial charge in [0.25, 0.3) is 0 Å². The number of rotatable bonds is 10.